The molecule has 1 heterocycles. The third kappa shape index (κ3) is 7.29. The topological polar surface area (TPSA) is 87.4 Å². The molecule has 0 saturated heterocycles. The Balaban J connectivity index is 1.65. The van der Waals surface area contributed by atoms with Crippen molar-refractivity contribution in [3.63, 3.8) is 0 Å². The summed E-state index contributed by atoms with van der Waals surface area (Å²) in [5, 5.41) is 4.04. The van der Waals surface area contributed by atoms with Crippen LogP contribution in [0, 0.1) is 11.8 Å². The summed E-state index contributed by atoms with van der Waals surface area (Å²) in [4.78, 5) is 25.8. The standard InChI is InChI=1S/C26H39F3N6O/c1-5-35(19-12-10-18(11-13-19)26(27,28)29)15-14-34(4)16-22-31-21-9-7-6-8-20(21)25(32-22)33-23(17(2)3)24(30)36/h6-9,17-19,23H,5,10-16H2,1-4H3,(H2,30,36)(H,31,32,33)/t18?,19?,23-/m0/s1. The minimum absolute atomic E-state index is 0.00595. The Morgan fingerprint density at radius 3 is 2.39 bits per heavy atom. The molecular formula is C26H39F3N6O. The Labute approximate surface area is 211 Å². The second-order valence-corrected chi connectivity index (χ2v) is 10.2. The van der Waals surface area contributed by atoms with Crippen LogP contribution in [0.25, 0.3) is 10.9 Å². The molecule has 3 rings (SSSR count). The van der Waals surface area contributed by atoms with Crippen molar-refractivity contribution >= 4 is 22.6 Å². The Kier molecular flexibility index (Phi) is 9.52. The average Bonchev–Trinajstić information content (AvgIpc) is 2.82. The van der Waals surface area contributed by atoms with Gasteiger partial charge < -0.3 is 11.1 Å². The quantitative estimate of drug-likeness (QED) is 0.467. The van der Waals surface area contributed by atoms with E-state index in [1.54, 1.807) is 0 Å². The number of rotatable bonds is 11. The highest BCUT2D eigenvalue weighted by atomic mass is 19.4. The lowest BCUT2D eigenvalue weighted by Gasteiger charge is -2.37. The van der Waals surface area contributed by atoms with Crippen LogP contribution in [0.2, 0.25) is 0 Å². The van der Waals surface area contributed by atoms with Crippen LogP contribution >= 0.6 is 0 Å². The molecule has 0 aliphatic heterocycles. The zero-order valence-corrected chi connectivity index (χ0v) is 21.7. The fraction of sp³-hybridized carbons (Fsp3) is 0.654. The van der Waals surface area contributed by atoms with Crippen LogP contribution < -0.4 is 11.1 Å². The van der Waals surface area contributed by atoms with Crippen LogP contribution in [0.1, 0.15) is 52.3 Å². The van der Waals surface area contributed by atoms with Crippen LogP contribution in [-0.4, -0.2) is 70.6 Å². The maximum Gasteiger partial charge on any atom is 0.391 e. The molecule has 1 aliphatic carbocycles. The highest BCUT2D eigenvalue weighted by Crippen LogP contribution is 2.38. The summed E-state index contributed by atoms with van der Waals surface area (Å²) < 4.78 is 39.1. The number of nitrogens with zero attached hydrogens (tertiary/aromatic N) is 4. The molecular weight excluding hydrogens is 469 g/mol. The van der Waals surface area contributed by atoms with Crippen molar-refractivity contribution in [2.24, 2.45) is 17.6 Å². The molecule has 7 nitrogen and oxygen atoms in total. The molecule has 3 N–H and O–H groups in total. The summed E-state index contributed by atoms with van der Waals surface area (Å²) in [5.41, 5.74) is 6.39. The van der Waals surface area contributed by atoms with Crippen molar-refractivity contribution in [3.8, 4) is 0 Å². The first-order chi connectivity index (χ1) is 17.0. The second-order valence-electron chi connectivity index (χ2n) is 10.2. The lowest BCUT2D eigenvalue weighted by Crippen LogP contribution is -2.43. The van der Waals surface area contributed by atoms with Crippen molar-refractivity contribution in [2.45, 2.75) is 71.3 Å². The first-order valence-corrected chi connectivity index (χ1v) is 12.8. The maximum atomic E-state index is 13.0. The van der Waals surface area contributed by atoms with Gasteiger partial charge >= 0.3 is 6.18 Å². The van der Waals surface area contributed by atoms with Crippen molar-refractivity contribution in [1.82, 2.24) is 19.8 Å². The maximum absolute atomic E-state index is 13.0. The van der Waals surface area contributed by atoms with Gasteiger partial charge in [-0.2, -0.15) is 13.2 Å². The summed E-state index contributed by atoms with van der Waals surface area (Å²) in [6, 6.07) is 7.27. The lowest BCUT2D eigenvalue weighted by atomic mass is 9.85. The molecule has 200 valence electrons. The largest absolute Gasteiger partial charge is 0.391 e. The van der Waals surface area contributed by atoms with Gasteiger partial charge in [-0.3, -0.25) is 14.6 Å². The van der Waals surface area contributed by atoms with E-state index in [1.165, 1.54) is 0 Å². The summed E-state index contributed by atoms with van der Waals surface area (Å²) >= 11 is 0. The number of nitrogens with one attached hydrogen (secondary N) is 1. The number of likely N-dealkylation sites (N-methyl/N-ethyl adjacent to an activating group) is 2. The Morgan fingerprint density at radius 1 is 1.14 bits per heavy atom. The smallest absolute Gasteiger partial charge is 0.368 e. The molecule has 10 heteroatoms. The fourth-order valence-electron chi connectivity index (χ4n) is 5.01. The number of para-hydroxylation sites is 1. The number of fused-ring (bicyclic) bond motifs is 1. The minimum atomic E-state index is -4.08. The van der Waals surface area contributed by atoms with E-state index in [1.807, 2.05) is 45.2 Å². The molecule has 1 saturated carbocycles. The minimum Gasteiger partial charge on any atom is -0.368 e. The summed E-state index contributed by atoms with van der Waals surface area (Å²) in [5.74, 6) is -0.394. The van der Waals surface area contributed by atoms with Crippen LogP contribution in [0.3, 0.4) is 0 Å². The number of benzene rings is 1. The normalized spacial score (nSPS) is 19.8. The zero-order chi connectivity index (χ0) is 26.5. The Morgan fingerprint density at radius 2 is 1.81 bits per heavy atom. The lowest BCUT2D eigenvalue weighted by molar-refractivity contribution is -0.184. The van der Waals surface area contributed by atoms with Gasteiger partial charge in [0.2, 0.25) is 5.91 Å². The molecule has 0 radical (unpaired) electrons. The number of carbonyl (C=O) groups excluding carboxylic acids is 1. The van der Waals surface area contributed by atoms with E-state index < -0.39 is 24.0 Å². The number of carbonyl (C=O) groups is 1. The molecule has 0 unspecified atom stereocenters. The van der Waals surface area contributed by atoms with Gasteiger partial charge in [-0.1, -0.05) is 32.9 Å². The van der Waals surface area contributed by atoms with Crippen LogP contribution in [0.4, 0.5) is 19.0 Å². The fourth-order valence-corrected chi connectivity index (χ4v) is 5.01. The van der Waals surface area contributed by atoms with Gasteiger partial charge in [0.1, 0.15) is 17.7 Å². The zero-order valence-electron chi connectivity index (χ0n) is 21.7. The van der Waals surface area contributed by atoms with Crippen molar-refractivity contribution < 1.29 is 18.0 Å². The molecule has 0 bridgehead atoms. The Hall–Kier alpha value is -2.46. The average molecular weight is 509 g/mol. The summed E-state index contributed by atoms with van der Waals surface area (Å²) in [6.07, 6.45) is -2.49. The number of alkyl halides is 3. The number of amides is 1. The second kappa shape index (κ2) is 12.2. The van der Waals surface area contributed by atoms with E-state index in [0.717, 1.165) is 30.5 Å². The molecule has 1 aliphatic rings. The van der Waals surface area contributed by atoms with E-state index in [9.17, 15) is 18.0 Å². The molecule has 1 fully saturated rings. The first kappa shape index (κ1) is 28.1. The molecule has 1 atom stereocenters. The third-order valence-electron chi connectivity index (χ3n) is 7.18. The molecule has 36 heavy (non-hydrogen) atoms. The van der Waals surface area contributed by atoms with E-state index >= 15 is 0 Å². The molecule has 1 aromatic heterocycles. The number of primary amides is 1. The van der Waals surface area contributed by atoms with Crippen molar-refractivity contribution in [1.29, 1.82) is 0 Å². The van der Waals surface area contributed by atoms with Crippen LogP contribution in [0.5, 0.6) is 0 Å². The van der Waals surface area contributed by atoms with Gasteiger partial charge in [-0.05, 0) is 57.3 Å². The Bertz CT molecular complexity index is 1010. The van der Waals surface area contributed by atoms with Gasteiger partial charge in [0.25, 0.3) is 0 Å². The van der Waals surface area contributed by atoms with E-state index in [0.29, 0.717) is 31.0 Å². The van der Waals surface area contributed by atoms with Gasteiger partial charge in [-0.25, -0.2) is 9.97 Å². The predicted molar refractivity (Wildman–Crippen MR) is 136 cm³/mol. The first-order valence-electron chi connectivity index (χ1n) is 12.8. The molecule has 0 spiro atoms. The third-order valence-corrected chi connectivity index (χ3v) is 7.18. The number of hydrogen-bond acceptors (Lipinski definition) is 6. The SMILES string of the molecule is CCN(CCN(C)Cc1nc(N[C@H](C(N)=O)C(C)C)c2ccccc2n1)C1CCC(C(F)(F)F)CC1. The van der Waals surface area contributed by atoms with Crippen molar-refractivity contribution in [2.75, 3.05) is 32.0 Å². The summed E-state index contributed by atoms with van der Waals surface area (Å²) in [6.45, 7) is 8.72. The van der Waals surface area contributed by atoms with E-state index in [-0.39, 0.29) is 24.8 Å². The predicted octanol–water partition coefficient (Wildman–Crippen LogP) is 4.43. The number of anilines is 1. The van der Waals surface area contributed by atoms with Gasteiger partial charge in [0, 0.05) is 24.5 Å². The molecule has 2 aromatic rings. The van der Waals surface area contributed by atoms with Gasteiger partial charge in [-0.15, -0.1) is 0 Å². The van der Waals surface area contributed by atoms with Crippen LogP contribution in [0.15, 0.2) is 24.3 Å². The van der Waals surface area contributed by atoms with Gasteiger partial charge in [0.05, 0.1) is 18.0 Å². The monoisotopic (exact) mass is 508 g/mol. The molecule has 1 amide bonds. The van der Waals surface area contributed by atoms with E-state index in [4.69, 9.17) is 15.7 Å². The van der Waals surface area contributed by atoms with Crippen LogP contribution in [-0.2, 0) is 11.3 Å². The number of hydrogen-bond donors (Lipinski definition) is 2. The molecule has 1 aromatic carbocycles. The summed E-state index contributed by atoms with van der Waals surface area (Å²) in [7, 11) is 1.99. The number of halogens is 3. The highest BCUT2D eigenvalue weighted by molar-refractivity contribution is 5.91. The number of nitrogens with two attached hydrogens (primary N) is 1. The number of aromatic nitrogens is 2. The van der Waals surface area contributed by atoms with E-state index in [2.05, 4.69) is 22.0 Å². The van der Waals surface area contributed by atoms with Gasteiger partial charge in [0.15, 0.2) is 0 Å². The van der Waals surface area contributed by atoms with Crippen molar-refractivity contribution in [3.05, 3.63) is 30.1 Å². The highest BCUT2D eigenvalue weighted by Gasteiger charge is 2.42.